The van der Waals surface area contributed by atoms with Crippen LogP contribution in [0.2, 0.25) is 0 Å². The number of aromatic nitrogens is 3. The van der Waals surface area contributed by atoms with Crippen LogP contribution < -0.4 is 31.9 Å². The van der Waals surface area contributed by atoms with Gasteiger partial charge in [-0.2, -0.15) is 0 Å². The Bertz CT molecular complexity index is 921. The normalized spacial score (nSPS) is 11.4. The summed E-state index contributed by atoms with van der Waals surface area (Å²) in [4.78, 5) is 15.7. The van der Waals surface area contributed by atoms with Gasteiger partial charge in [0.2, 0.25) is 0 Å². The zero-order chi connectivity index (χ0) is 32.0. The molecular weight excluding hydrogens is 572 g/mol. The summed E-state index contributed by atoms with van der Waals surface area (Å²) in [6.07, 6.45) is 12.6. The molecule has 0 saturated heterocycles. The second-order valence-corrected chi connectivity index (χ2v) is 11.7. The van der Waals surface area contributed by atoms with E-state index in [4.69, 9.17) is 0 Å². The summed E-state index contributed by atoms with van der Waals surface area (Å²) in [5.41, 5.74) is 3.31. The summed E-state index contributed by atoms with van der Waals surface area (Å²) in [5, 5.41) is 21.5. The van der Waals surface area contributed by atoms with Gasteiger partial charge in [-0.3, -0.25) is 19.9 Å². The first-order valence-corrected chi connectivity index (χ1v) is 17.6. The Morgan fingerprint density at radius 1 is 0.370 bits per heavy atom. The molecule has 3 rings (SSSR count). The highest BCUT2D eigenvalue weighted by atomic mass is 15.2. The van der Waals surface area contributed by atoms with Crippen molar-refractivity contribution in [3.05, 3.63) is 90.3 Å². The molecule has 3 aromatic heterocycles. The quantitative estimate of drug-likeness (QED) is 0.0614. The van der Waals surface area contributed by atoms with Crippen molar-refractivity contribution in [1.82, 2.24) is 51.8 Å². The molecule has 0 aromatic carbocycles. The summed E-state index contributed by atoms with van der Waals surface area (Å²) >= 11 is 0. The molecule has 254 valence electrons. The predicted molar refractivity (Wildman–Crippen MR) is 191 cm³/mol. The summed E-state index contributed by atoms with van der Waals surface area (Å²) in [7, 11) is 0. The minimum Gasteiger partial charge on any atom is -0.315 e. The van der Waals surface area contributed by atoms with Crippen LogP contribution in [0.1, 0.15) is 55.6 Å². The van der Waals surface area contributed by atoms with Crippen molar-refractivity contribution in [3.8, 4) is 0 Å². The number of pyridine rings is 3. The maximum absolute atomic E-state index is 4.37. The van der Waals surface area contributed by atoms with E-state index in [0.717, 1.165) is 115 Å². The number of unbranched alkanes of at least 4 members (excludes halogenated alkanes) is 3. The minimum atomic E-state index is 0.844. The molecule has 0 bridgehead atoms. The highest BCUT2D eigenvalue weighted by molar-refractivity contribution is 5.04. The molecule has 0 aliphatic carbocycles. The minimum absolute atomic E-state index is 0.844. The van der Waals surface area contributed by atoms with Crippen molar-refractivity contribution in [2.24, 2.45) is 0 Å². The lowest BCUT2D eigenvalue weighted by atomic mass is 10.3. The van der Waals surface area contributed by atoms with Crippen molar-refractivity contribution >= 4 is 0 Å². The first-order valence-electron chi connectivity index (χ1n) is 17.6. The summed E-state index contributed by atoms with van der Waals surface area (Å²) in [5.74, 6) is 0. The Morgan fingerprint density at radius 3 is 0.957 bits per heavy atom. The molecule has 46 heavy (non-hydrogen) atoms. The van der Waals surface area contributed by atoms with Crippen LogP contribution in [-0.2, 0) is 19.6 Å². The van der Waals surface area contributed by atoms with Crippen molar-refractivity contribution in [1.29, 1.82) is 0 Å². The van der Waals surface area contributed by atoms with E-state index in [1.807, 2.05) is 55.0 Å². The van der Waals surface area contributed by atoms with Gasteiger partial charge in [-0.05, 0) is 114 Å². The summed E-state index contributed by atoms with van der Waals surface area (Å²) in [6.45, 7) is 15.2. The Kier molecular flexibility index (Phi) is 22.3. The van der Waals surface area contributed by atoms with Gasteiger partial charge in [0.1, 0.15) is 0 Å². The number of hydrogen-bond acceptors (Lipinski definition) is 10. The van der Waals surface area contributed by atoms with Crippen LogP contribution >= 0.6 is 0 Å². The van der Waals surface area contributed by atoms with Gasteiger partial charge in [-0.25, -0.2) is 0 Å². The molecule has 3 heterocycles. The fourth-order valence-corrected chi connectivity index (χ4v) is 5.08. The molecule has 0 atom stereocenters. The van der Waals surface area contributed by atoms with Gasteiger partial charge in [-0.1, -0.05) is 18.2 Å². The average molecular weight is 633 g/mol. The Hall–Kier alpha value is -2.83. The summed E-state index contributed by atoms with van der Waals surface area (Å²) in [6, 6.07) is 18.2. The van der Waals surface area contributed by atoms with Crippen molar-refractivity contribution in [2.75, 3.05) is 78.5 Å². The lowest BCUT2D eigenvalue weighted by Gasteiger charge is -2.23. The van der Waals surface area contributed by atoms with Crippen LogP contribution in [0.5, 0.6) is 0 Å². The first kappa shape index (κ1) is 37.6. The number of rotatable bonds is 30. The van der Waals surface area contributed by atoms with Gasteiger partial charge in [0.15, 0.2) is 0 Å². The highest BCUT2D eigenvalue weighted by Gasteiger charge is 2.05. The van der Waals surface area contributed by atoms with Gasteiger partial charge in [0, 0.05) is 77.5 Å². The Labute approximate surface area is 278 Å². The van der Waals surface area contributed by atoms with Crippen LogP contribution in [0.4, 0.5) is 0 Å². The summed E-state index contributed by atoms with van der Waals surface area (Å²) < 4.78 is 0. The third kappa shape index (κ3) is 20.3. The average Bonchev–Trinajstić information content (AvgIpc) is 3.10. The second-order valence-electron chi connectivity index (χ2n) is 11.7. The van der Waals surface area contributed by atoms with Gasteiger partial charge in [-0.15, -0.1) is 0 Å². The lowest BCUT2D eigenvalue weighted by Crippen LogP contribution is -2.41. The zero-order valence-corrected chi connectivity index (χ0v) is 28.1. The van der Waals surface area contributed by atoms with E-state index in [1.165, 1.54) is 38.5 Å². The zero-order valence-electron chi connectivity index (χ0n) is 28.1. The molecule has 6 N–H and O–H groups in total. The van der Waals surface area contributed by atoms with Crippen LogP contribution in [0, 0.1) is 0 Å². The monoisotopic (exact) mass is 633 g/mol. The third-order valence-electron chi connectivity index (χ3n) is 7.78. The molecule has 0 unspecified atom stereocenters. The van der Waals surface area contributed by atoms with E-state index < -0.39 is 0 Å². The van der Waals surface area contributed by atoms with E-state index in [1.54, 1.807) is 0 Å². The van der Waals surface area contributed by atoms with Crippen LogP contribution in [0.15, 0.2) is 73.2 Å². The third-order valence-corrected chi connectivity index (χ3v) is 7.78. The predicted octanol–water partition coefficient (Wildman–Crippen LogP) is 2.95. The van der Waals surface area contributed by atoms with E-state index in [-0.39, 0.29) is 0 Å². The number of hydrogen-bond donors (Lipinski definition) is 6. The fraction of sp³-hybridized carbons (Fsp3) is 0.583. The Balaban J connectivity index is 1.18. The van der Waals surface area contributed by atoms with Crippen LogP contribution in [0.3, 0.4) is 0 Å². The topological polar surface area (TPSA) is 114 Å². The number of nitrogens with zero attached hydrogens (tertiary/aromatic N) is 4. The maximum Gasteiger partial charge on any atom is 0.0541 e. The SMILES string of the molecule is c1ccc(CNCCCCNCCN(CCNCCCCNCc2ccccn2)CCNCCCCNCc2ccccn2)nc1. The molecule has 3 aromatic rings. The first-order chi connectivity index (χ1) is 22.9. The van der Waals surface area contributed by atoms with E-state index in [0.29, 0.717) is 0 Å². The fourth-order valence-electron chi connectivity index (χ4n) is 5.08. The molecule has 0 radical (unpaired) electrons. The van der Waals surface area contributed by atoms with Gasteiger partial charge in [0.05, 0.1) is 17.1 Å². The number of nitrogens with one attached hydrogen (secondary N) is 6. The smallest absolute Gasteiger partial charge is 0.0541 e. The maximum atomic E-state index is 4.37. The van der Waals surface area contributed by atoms with Crippen molar-refractivity contribution in [3.63, 3.8) is 0 Å². The molecule has 0 fully saturated rings. The molecular formula is C36H60N10. The molecule has 10 nitrogen and oxygen atoms in total. The molecule has 0 aliphatic rings. The van der Waals surface area contributed by atoms with E-state index in [2.05, 4.69) is 70.0 Å². The van der Waals surface area contributed by atoms with Crippen LogP contribution in [-0.4, -0.2) is 98.4 Å². The Morgan fingerprint density at radius 2 is 0.674 bits per heavy atom. The standard InChI is InChI=1S/C36H60N10/c1-4-22-43-34(13-1)31-40-19-10-7-16-37-25-28-46(29-26-38-17-8-11-20-41-32-35-14-2-5-23-44-35)30-27-39-18-9-12-21-42-33-36-15-3-6-24-45-36/h1-6,13-15,22-24,37-42H,7-12,16-21,25-33H2. The van der Waals surface area contributed by atoms with E-state index in [9.17, 15) is 0 Å². The van der Waals surface area contributed by atoms with Crippen molar-refractivity contribution < 1.29 is 0 Å². The molecule has 10 heteroatoms. The molecule has 0 saturated carbocycles. The second kappa shape index (κ2) is 27.3. The molecule has 0 aliphatic heterocycles. The largest absolute Gasteiger partial charge is 0.315 e. The highest BCUT2D eigenvalue weighted by Crippen LogP contribution is 1.96. The van der Waals surface area contributed by atoms with Gasteiger partial charge < -0.3 is 31.9 Å². The van der Waals surface area contributed by atoms with Gasteiger partial charge in [0.25, 0.3) is 0 Å². The molecule has 0 amide bonds. The lowest BCUT2D eigenvalue weighted by molar-refractivity contribution is 0.271. The van der Waals surface area contributed by atoms with E-state index >= 15 is 0 Å². The van der Waals surface area contributed by atoms with Crippen molar-refractivity contribution in [2.45, 2.75) is 58.2 Å². The van der Waals surface area contributed by atoms with Gasteiger partial charge >= 0.3 is 0 Å². The molecule has 0 spiro atoms. The van der Waals surface area contributed by atoms with Crippen LogP contribution in [0.25, 0.3) is 0 Å².